The maximum Gasteiger partial charge on any atom is 0.410 e. The summed E-state index contributed by atoms with van der Waals surface area (Å²) >= 11 is 0. The van der Waals surface area contributed by atoms with E-state index in [0.29, 0.717) is 0 Å². The Morgan fingerprint density at radius 2 is 2.29 bits per heavy atom. The summed E-state index contributed by atoms with van der Waals surface area (Å²) in [6, 6.07) is 0. The lowest BCUT2D eigenvalue weighted by Gasteiger charge is -1.92. The van der Waals surface area contributed by atoms with Crippen LogP contribution in [-0.2, 0) is 11.3 Å². The van der Waals surface area contributed by atoms with Crippen LogP contribution in [0.3, 0.4) is 0 Å². The maximum absolute atomic E-state index is 10.8. The maximum atomic E-state index is 10.8. The Morgan fingerprint density at radius 1 is 1.53 bits per heavy atom. The predicted molar refractivity (Wildman–Crippen MR) is 52.3 cm³/mol. The second-order valence-corrected chi connectivity index (χ2v) is 3.19. The van der Waals surface area contributed by atoms with Crippen LogP contribution in [0.5, 0.6) is 0 Å². The van der Waals surface area contributed by atoms with E-state index in [0.717, 1.165) is 11.0 Å². The molecule has 10 nitrogen and oxygen atoms in total. The summed E-state index contributed by atoms with van der Waals surface area (Å²) in [5.41, 5.74) is 0. The number of nitro groups is 1. The molecule has 10 heteroatoms. The molecule has 2 aromatic rings. The molecule has 0 saturated carbocycles. The van der Waals surface area contributed by atoms with Crippen LogP contribution < -0.4 is 0 Å². The zero-order chi connectivity index (χ0) is 12.4. The lowest BCUT2D eigenvalue weighted by Crippen LogP contribution is -2.08. The van der Waals surface area contributed by atoms with Crippen molar-refractivity contribution in [3.63, 3.8) is 0 Å². The van der Waals surface area contributed by atoms with E-state index in [4.69, 9.17) is 0 Å². The Labute approximate surface area is 94.0 Å². The molecule has 0 amide bonds. The van der Waals surface area contributed by atoms with Gasteiger partial charge < -0.3 is 10.1 Å². The Hall–Kier alpha value is -2.65. The number of aromatic nitrogens is 6. The molecule has 0 aromatic carbocycles. The highest BCUT2D eigenvalue weighted by molar-refractivity contribution is 5.75. The van der Waals surface area contributed by atoms with Gasteiger partial charge in [0.15, 0.2) is 12.0 Å². The minimum atomic E-state index is -0.671. The fourth-order valence-electron chi connectivity index (χ4n) is 1.12. The van der Waals surface area contributed by atoms with E-state index < -0.39 is 10.7 Å². The highest BCUT2D eigenvalue weighted by atomic mass is 16.6. The molecule has 0 fully saturated rings. The van der Waals surface area contributed by atoms with Crippen LogP contribution >= 0.6 is 0 Å². The number of hydrogen-bond donors (Lipinski definition) is 0. The SMILES string of the molecule is CC(=O)Cn1cnc(-n2ncc([N+](=O)[O-])n2)n1. The molecule has 2 rings (SSSR count). The molecule has 0 aliphatic carbocycles. The smallest absolute Gasteiger partial charge is 0.358 e. The van der Waals surface area contributed by atoms with Crippen molar-refractivity contribution in [2.45, 2.75) is 13.5 Å². The van der Waals surface area contributed by atoms with Crippen LogP contribution in [0.4, 0.5) is 5.82 Å². The van der Waals surface area contributed by atoms with Crippen molar-refractivity contribution >= 4 is 11.6 Å². The van der Waals surface area contributed by atoms with E-state index in [1.165, 1.54) is 17.9 Å². The van der Waals surface area contributed by atoms with Gasteiger partial charge in [0.25, 0.3) is 0 Å². The minimum absolute atomic E-state index is 0.0688. The average molecular weight is 237 g/mol. The Bertz CT molecular complexity index is 572. The first kappa shape index (κ1) is 10.9. The first-order chi connectivity index (χ1) is 8.06. The van der Waals surface area contributed by atoms with E-state index >= 15 is 0 Å². The van der Waals surface area contributed by atoms with Gasteiger partial charge in [-0.05, 0) is 16.6 Å². The molecular formula is C7H7N7O3. The third kappa shape index (κ3) is 2.30. The summed E-state index contributed by atoms with van der Waals surface area (Å²) in [5.74, 6) is -0.409. The summed E-state index contributed by atoms with van der Waals surface area (Å²) in [6.45, 7) is 1.49. The van der Waals surface area contributed by atoms with Gasteiger partial charge in [0, 0.05) is 0 Å². The second kappa shape index (κ2) is 4.08. The van der Waals surface area contributed by atoms with Crippen molar-refractivity contribution < 1.29 is 9.72 Å². The lowest BCUT2D eigenvalue weighted by molar-refractivity contribution is -0.389. The van der Waals surface area contributed by atoms with Crippen molar-refractivity contribution in [1.82, 2.24) is 29.8 Å². The molecule has 0 radical (unpaired) electrons. The van der Waals surface area contributed by atoms with E-state index in [1.807, 2.05) is 0 Å². The summed E-state index contributed by atoms with van der Waals surface area (Å²) in [4.78, 5) is 25.3. The van der Waals surface area contributed by atoms with Gasteiger partial charge in [0.1, 0.15) is 12.9 Å². The van der Waals surface area contributed by atoms with Gasteiger partial charge in [0.05, 0.1) is 5.10 Å². The standard InChI is InChI=1S/C7H7N7O3/c1-5(15)3-12-4-8-7(11-12)13-9-2-6(10-13)14(16)17/h2,4H,3H2,1H3. The molecule has 0 unspecified atom stereocenters. The van der Waals surface area contributed by atoms with Gasteiger partial charge in [-0.1, -0.05) is 0 Å². The van der Waals surface area contributed by atoms with E-state index in [9.17, 15) is 14.9 Å². The van der Waals surface area contributed by atoms with Crippen LogP contribution in [0.25, 0.3) is 5.95 Å². The number of carbonyl (C=O) groups excluding carboxylic acids is 1. The topological polar surface area (TPSA) is 122 Å². The molecule has 17 heavy (non-hydrogen) atoms. The van der Waals surface area contributed by atoms with Crippen molar-refractivity contribution in [2.75, 3.05) is 0 Å². The van der Waals surface area contributed by atoms with Crippen LogP contribution in [0.1, 0.15) is 6.92 Å². The molecule has 0 N–H and O–H groups in total. The monoisotopic (exact) mass is 237 g/mol. The minimum Gasteiger partial charge on any atom is -0.358 e. The van der Waals surface area contributed by atoms with Gasteiger partial charge in [0.2, 0.25) is 0 Å². The summed E-state index contributed by atoms with van der Waals surface area (Å²) in [5, 5.41) is 21.5. The molecule has 2 heterocycles. The fourth-order valence-corrected chi connectivity index (χ4v) is 1.12. The largest absolute Gasteiger partial charge is 0.410 e. The summed E-state index contributed by atoms with van der Waals surface area (Å²) < 4.78 is 1.30. The van der Waals surface area contributed by atoms with Crippen molar-refractivity contribution in [2.24, 2.45) is 0 Å². The average Bonchev–Trinajstić information content (AvgIpc) is 2.83. The van der Waals surface area contributed by atoms with Gasteiger partial charge >= 0.3 is 11.8 Å². The predicted octanol–water partition coefficient (Wildman–Crippen LogP) is -0.644. The number of nitrogens with zero attached hydrogens (tertiary/aromatic N) is 7. The second-order valence-electron chi connectivity index (χ2n) is 3.19. The number of ketones is 1. The van der Waals surface area contributed by atoms with Gasteiger partial charge in [-0.15, -0.1) is 10.2 Å². The highest BCUT2D eigenvalue weighted by Gasteiger charge is 2.16. The summed E-state index contributed by atoms with van der Waals surface area (Å²) in [7, 11) is 0. The third-order valence-corrected chi connectivity index (χ3v) is 1.75. The molecule has 0 aliphatic rings. The van der Waals surface area contributed by atoms with E-state index in [2.05, 4.69) is 20.3 Å². The quantitative estimate of drug-likeness (QED) is 0.511. The molecule has 0 aliphatic heterocycles. The van der Waals surface area contributed by atoms with Crippen molar-refractivity contribution in [3.05, 3.63) is 22.6 Å². The van der Waals surface area contributed by atoms with E-state index in [1.54, 1.807) is 0 Å². The van der Waals surface area contributed by atoms with Crippen LogP contribution in [0.15, 0.2) is 12.5 Å². The van der Waals surface area contributed by atoms with Crippen molar-refractivity contribution in [1.29, 1.82) is 0 Å². The van der Waals surface area contributed by atoms with Crippen LogP contribution in [0, 0.1) is 10.1 Å². The van der Waals surface area contributed by atoms with Crippen LogP contribution in [-0.4, -0.2) is 40.5 Å². The third-order valence-electron chi connectivity index (χ3n) is 1.75. The number of rotatable bonds is 4. The van der Waals surface area contributed by atoms with E-state index in [-0.39, 0.29) is 18.3 Å². The molecule has 0 atom stereocenters. The lowest BCUT2D eigenvalue weighted by atomic mass is 10.5. The molecule has 2 aromatic heterocycles. The van der Waals surface area contributed by atoms with Gasteiger partial charge in [-0.2, -0.15) is 4.98 Å². The normalized spacial score (nSPS) is 10.4. The van der Waals surface area contributed by atoms with Gasteiger partial charge in [-0.3, -0.25) is 4.79 Å². The molecule has 0 bridgehead atoms. The Morgan fingerprint density at radius 3 is 2.88 bits per heavy atom. The number of carbonyl (C=O) groups is 1. The summed E-state index contributed by atoms with van der Waals surface area (Å²) in [6.07, 6.45) is 2.32. The highest BCUT2D eigenvalue weighted by Crippen LogP contribution is 2.04. The molecule has 0 spiro atoms. The molecule has 0 saturated heterocycles. The first-order valence-corrected chi connectivity index (χ1v) is 4.52. The molecular weight excluding hydrogens is 230 g/mol. The zero-order valence-electron chi connectivity index (χ0n) is 8.72. The number of Topliss-reactive ketones (excluding diaryl/α,β-unsaturated/α-hetero) is 1. The zero-order valence-corrected chi connectivity index (χ0v) is 8.72. The Kier molecular flexibility index (Phi) is 2.60. The first-order valence-electron chi connectivity index (χ1n) is 4.52. The number of hydrogen-bond acceptors (Lipinski definition) is 7. The van der Waals surface area contributed by atoms with Gasteiger partial charge in [-0.25, -0.2) is 4.68 Å². The molecule has 88 valence electrons. The Balaban J connectivity index is 2.24. The fraction of sp³-hybridized carbons (Fsp3) is 0.286. The van der Waals surface area contributed by atoms with Crippen molar-refractivity contribution in [3.8, 4) is 5.95 Å². The van der Waals surface area contributed by atoms with Crippen LogP contribution in [0.2, 0.25) is 0 Å².